The van der Waals surface area contributed by atoms with E-state index in [2.05, 4.69) is 22.5 Å². The van der Waals surface area contributed by atoms with Gasteiger partial charge in [0.2, 0.25) is 0 Å². The van der Waals surface area contributed by atoms with Crippen LogP contribution < -0.4 is 10.6 Å². The van der Waals surface area contributed by atoms with E-state index in [1.54, 1.807) is 6.20 Å². The molecule has 0 bridgehead atoms. The molecule has 0 unspecified atom stereocenters. The highest BCUT2D eigenvalue weighted by Gasteiger charge is 1.95. The molecular formula is C11H17N3S. The average molecular weight is 223 g/mol. The molecule has 2 N–H and O–H groups in total. The van der Waals surface area contributed by atoms with Gasteiger partial charge in [-0.2, -0.15) is 0 Å². The van der Waals surface area contributed by atoms with E-state index < -0.39 is 0 Å². The number of hydrogen-bond acceptors (Lipinski definition) is 2. The zero-order valence-corrected chi connectivity index (χ0v) is 9.81. The van der Waals surface area contributed by atoms with Gasteiger partial charge in [-0.25, -0.2) is 0 Å². The summed E-state index contributed by atoms with van der Waals surface area (Å²) in [7, 11) is 0. The summed E-state index contributed by atoms with van der Waals surface area (Å²) in [6, 6.07) is 5.85. The molecule has 0 aliphatic carbocycles. The molecule has 1 aromatic heterocycles. The molecule has 0 aliphatic heterocycles. The van der Waals surface area contributed by atoms with Gasteiger partial charge in [0.25, 0.3) is 0 Å². The molecule has 3 nitrogen and oxygen atoms in total. The fraction of sp³-hybridized carbons (Fsp3) is 0.455. The number of rotatable bonds is 5. The molecule has 1 heterocycles. The second kappa shape index (κ2) is 7.17. The first-order valence-electron chi connectivity index (χ1n) is 5.24. The molecule has 82 valence electrons. The Labute approximate surface area is 96.3 Å². The molecule has 0 aliphatic rings. The van der Waals surface area contributed by atoms with Gasteiger partial charge in [-0.15, -0.1) is 0 Å². The number of unbranched alkanes of at least 4 members (excludes halogenated alkanes) is 1. The highest BCUT2D eigenvalue weighted by atomic mass is 32.1. The molecule has 0 amide bonds. The van der Waals surface area contributed by atoms with Crippen molar-refractivity contribution in [2.24, 2.45) is 0 Å². The summed E-state index contributed by atoms with van der Waals surface area (Å²) in [4.78, 5) is 4.20. The van der Waals surface area contributed by atoms with Crippen LogP contribution in [0.5, 0.6) is 0 Å². The second-order valence-corrected chi connectivity index (χ2v) is 3.69. The van der Waals surface area contributed by atoms with Crippen molar-refractivity contribution in [1.82, 2.24) is 15.6 Å². The lowest BCUT2D eigenvalue weighted by atomic mass is 10.3. The maximum absolute atomic E-state index is 5.12. The average Bonchev–Trinajstić information content (AvgIpc) is 2.28. The Bertz CT molecular complexity index is 287. The lowest BCUT2D eigenvalue weighted by Crippen LogP contribution is -2.35. The Morgan fingerprint density at radius 1 is 1.40 bits per heavy atom. The monoisotopic (exact) mass is 223 g/mol. The Morgan fingerprint density at radius 2 is 2.27 bits per heavy atom. The molecule has 4 heteroatoms. The van der Waals surface area contributed by atoms with Crippen molar-refractivity contribution in [3.8, 4) is 0 Å². The predicted octanol–water partition coefficient (Wildman–Crippen LogP) is 1.85. The number of pyridine rings is 1. The van der Waals surface area contributed by atoms with Gasteiger partial charge >= 0.3 is 0 Å². The predicted molar refractivity (Wildman–Crippen MR) is 66.6 cm³/mol. The smallest absolute Gasteiger partial charge is 0.166 e. The largest absolute Gasteiger partial charge is 0.363 e. The Kier molecular flexibility index (Phi) is 5.70. The van der Waals surface area contributed by atoms with E-state index >= 15 is 0 Å². The van der Waals surface area contributed by atoms with E-state index in [0.717, 1.165) is 18.7 Å². The van der Waals surface area contributed by atoms with Crippen molar-refractivity contribution in [3.05, 3.63) is 30.1 Å². The minimum absolute atomic E-state index is 0.679. The van der Waals surface area contributed by atoms with Crippen molar-refractivity contribution in [1.29, 1.82) is 0 Å². The maximum atomic E-state index is 5.12. The topological polar surface area (TPSA) is 37.0 Å². The molecule has 0 fully saturated rings. The van der Waals surface area contributed by atoms with Crippen molar-refractivity contribution in [2.45, 2.75) is 26.3 Å². The van der Waals surface area contributed by atoms with Crippen LogP contribution in [0.2, 0.25) is 0 Å². The molecule has 0 radical (unpaired) electrons. The van der Waals surface area contributed by atoms with E-state index in [1.807, 2.05) is 18.2 Å². The van der Waals surface area contributed by atoms with Crippen molar-refractivity contribution in [2.75, 3.05) is 6.54 Å². The van der Waals surface area contributed by atoms with E-state index in [1.165, 1.54) is 6.42 Å². The molecule has 1 aromatic rings. The quantitative estimate of drug-likeness (QED) is 0.590. The fourth-order valence-electron chi connectivity index (χ4n) is 1.11. The van der Waals surface area contributed by atoms with Gasteiger partial charge in [0.1, 0.15) is 0 Å². The van der Waals surface area contributed by atoms with Gasteiger partial charge in [-0.3, -0.25) is 4.98 Å². The normalized spacial score (nSPS) is 9.67. The van der Waals surface area contributed by atoms with Crippen LogP contribution >= 0.6 is 12.2 Å². The van der Waals surface area contributed by atoms with Crippen LogP contribution in [0.25, 0.3) is 0 Å². The van der Waals surface area contributed by atoms with Gasteiger partial charge in [0.05, 0.1) is 12.2 Å². The summed E-state index contributed by atoms with van der Waals surface area (Å²) < 4.78 is 0. The van der Waals surface area contributed by atoms with Crippen LogP contribution in [0.1, 0.15) is 25.5 Å². The molecule has 15 heavy (non-hydrogen) atoms. The first-order chi connectivity index (χ1) is 7.33. The zero-order valence-electron chi connectivity index (χ0n) is 8.99. The summed E-state index contributed by atoms with van der Waals surface area (Å²) in [5.41, 5.74) is 0.997. The zero-order chi connectivity index (χ0) is 10.9. The summed E-state index contributed by atoms with van der Waals surface area (Å²) in [5.74, 6) is 0. The summed E-state index contributed by atoms with van der Waals surface area (Å²) in [6.45, 7) is 3.77. The molecule has 0 aromatic carbocycles. The SMILES string of the molecule is CCCCNC(=S)NCc1ccccn1. The minimum Gasteiger partial charge on any atom is -0.363 e. The van der Waals surface area contributed by atoms with Crippen LogP contribution in [-0.2, 0) is 6.54 Å². The third-order valence-corrected chi connectivity index (χ3v) is 2.26. The molecule has 0 spiro atoms. The van der Waals surface area contributed by atoms with Crippen LogP contribution in [-0.4, -0.2) is 16.6 Å². The number of nitrogens with zero attached hydrogens (tertiary/aromatic N) is 1. The summed E-state index contributed by atoms with van der Waals surface area (Å²) in [5, 5.41) is 6.96. The Morgan fingerprint density at radius 3 is 2.93 bits per heavy atom. The van der Waals surface area contributed by atoms with Gasteiger partial charge in [0, 0.05) is 12.7 Å². The highest BCUT2D eigenvalue weighted by Crippen LogP contribution is 1.91. The van der Waals surface area contributed by atoms with E-state index in [-0.39, 0.29) is 0 Å². The Hall–Kier alpha value is -1.16. The minimum atomic E-state index is 0.679. The highest BCUT2D eigenvalue weighted by molar-refractivity contribution is 7.80. The Balaban J connectivity index is 2.17. The molecule has 1 rings (SSSR count). The van der Waals surface area contributed by atoms with Crippen molar-refractivity contribution < 1.29 is 0 Å². The van der Waals surface area contributed by atoms with E-state index in [0.29, 0.717) is 11.7 Å². The second-order valence-electron chi connectivity index (χ2n) is 3.28. The molecule has 0 atom stereocenters. The maximum Gasteiger partial charge on any atom is 0.166 e. The number of hydrogen-bond donors (Lipinski definition) is 2. The van der Waals surface area contributed by atoms with Crippen LogP contribution in [0.15, 0.2) is 24.4 Å². The van der Waals surface area contributed by atoms with Crippen molar-refractivity contribution in [3.63, 3.8) is 0 Å². The van der Waals surface area contributed by atoms with E-state index in [9.17, 15) is 0 Å². The van der Waals surface area contributed by atoms with Crippen molar-refractivity contribution >= 4 is 17.3 Å². The van der Waals surface area contributed by atoms with Crippen LogP contribution in [0.4, 0.5) is 0 Å². The van der Waals surface area contributed by atoms with Crippen LogP contribution in [0.3, 0.4) is 0 Å². The number of thiocarbonyl (C=S) groups is 1. The number of aromatic nitrogens is 1. The molecule has 0 saturated carbocycles. The fourth-order valence-corrected chi connectivity index (χ4v) is 1.29. The standard InChI is InChI=1S/C11H17N3S/c1-2-3-7-13-11(15)14-9-10-6-4-5-8-12-10/h4-6,8H,2-3,7,9H2,1H3,(H2,13,14,15). The van der Waals surface area contributed by atoms with Gasteiger partial charge in [-0.1, -0.05) is 19.4 Å². The molecule has 0 saturated heterocycles. The number of nitrogens with one attached hydrogen (secondary N) is 2. The third kappa shape index (κ3) is 5.32. The molecular weight excluding hydrogens is 206 g/mol. The first kappa shape index (κ1) is 11.9. The lowest BCUT2D eigenvalue weighted by Gasteiger charge is -2.09. The van der Waals surface area contributed by atoms with Gasteiger partial charge in [-0.05, 0) is 30.8 Å². The third-order valence-electron chi connectivity index (χ3n) is 1.97. The summed E-state index contributed by atoms with van der Waals surface area (Å²) in [6.07, 6.45) is 4.10. The van der Waals surface area contributed by atoms with E-state index in [4.69, 9.17) is 12.2 Å². The van der Waals surface area contributed by atoms with Gasteiger partial charge < -0.3 is 10.6 Å². The lowest BCUT2D eigenvalue weighted by molar-refractivity contribution is 0.736. The van der Waals surface area contributed by atoms with Gasteiger partial charge in [0.15, 0.2) is 5.11 Å². The summed E-state index contributed by atoms with van der Waals surface area (Å²) >= 11 is 5.12. The van der Waals surface area contributed by atoms with Crippen LogP contribution in [0, 0.1) is 0 Å². The first-order valence-corrected chi connectivity index (χ1v) is 5.65.